The van der Waals surface area contributed by atoms with Gasteiger partial charge in [-0.15, -0.1) is 0 Å². The molecule has 1 aromatic carbocycles. The van der Waals surface area contributed by atoms with Gasteiger partial charge in [0.15, 0.2) is 5.82 Å². The largest absolute Gasteiger partial charge is 0.355 e. The third kappa shape index (κ3) is 2.80. The molecule has 20 heavy (non-hydrogen) atoms. The zero-order chi connectivity index (χ0) is 13.8. The van der Waals surface area contributed by atoms with Crippen LogP contribution in [0.4, 0.5) is 5.82 Å². The van der Waals surface area contributed by atoms with E-state index in [2.05, 4.69) is 15.2 Å². The van der Waals surface area contributed by atoms with Crippen LogP contribution in [0.3, 0.4) is 0 Å². The Bertz CT molecular complexity index is 555. The fourth-order valence-corrected chi connectivity index (χ4v) is 2.67. The Kier molecular flexibility index (Phi) is 3.92. The summed E-state index contributed by atoms with van der Waals surface area (Å²) in [4.78, 5) is 11.5. The van der Waals surface area contributed by atoms with Crippen LogP contribution >= 0.6 is 0 Å². The minimum absolute atomic E-state index is 0.555. The summed E-state index contributed by atoms with van der Waals surface area (Å²) in [7, 11) is 2.03. The molecule has 0 saturated carbocycles. The van der Waals surface area contributed by atoms with E-state index in [4.69, 9.17) is 4.98 Å². The topological polar surface area (TPSA) is 41.0 Å². The van der Waals surface area contributed by atoms with Crippen LogP contribution in [0, 0.1) is 0 Å². The number of piperidine rings is 1. The number of anilines is 1. The molecule has 1 N–H and O–H groups in total. The molecule has 4 nitrogen and oxygen atoms in total. The van der Waals surface area contributed by atoms with Crippen molar-refractivity contribution in [2.75, 3.05) is 25.0 Å². The molecular weight excluding hydrogens is 248 g/mol. The van der Waals surface area contributed by atoms with Gasteiger partial charge in [-0.3, -0.25) is 0 Å². The second-order valence-electron chi connectivity index (χ2n) is 5.18. The number of hydrogen-bond donors (Lipinski definition) is 1. The first kappa shape index (κ1) is 13.1. The van der Waals surface area contributed by atoms with Crippen LogP contribution in [0.5, 0.6) is 0 Å². The van der Waals surface area contributed by atoms with Gasteiger partial charge in [0, 0.05) is 30.9 Å². The maximum atomic E-state index is 4.72. The molecule has 3 rings (SSSR count). The highest BCUT2D eigenvalue weighted by atomic mass is 15.2. The molecule has 0 aliphatic carbocycles. The number of nitrogens with zero attached hydrogens (tertiary/aromatic N) is 3. The molecule has 2 aromatic rings. The lowest BCUT2D eigenvalue weighted by atomic mass is 10.1. The minimum Gasteiger partial charge on any atom is -0.355 e. The van der Waals surface area contributed by atoms with E-state index < -0.39 is 0 Å². The second-order valence-corrected chi connectivity index (χ2v) is 5.18. The standard InChI is InChI=1S/C16H20N4/c1-17-14-8-5-11-20(12-14)15-9-10-18-16(19-15)13-6-3-2-4-7-13/h2-4,6-7,9-10,14,17H,5,8,11-12H2,1H3. The predicted molar refractivity (Wildman–Crippen MR) is 81.8 cm³/mol. The van der Waals surface area contributed by atoms with E-state index >= 15 is 0 Å². The van der Waals surface area contributed by atoms with Gasteiger partial charge in [0.25, 0.3) is 0 Å². The highest BCUT2D eigenvalue weighted by Crippen LogP contribution is 2.21. The van der Waals surface area contributed by atoms with E-state index in [0.717, 1.165) is 30.3 Å². The van der Waals surface area contributed by atoms with E-state index in [1.54, 1.807) is 0 Å². The van der Waals surface area contributed by atoms with E-state index in [1.165, 1.54) is 12.8 Å². The molecule has 0 spiro atoms. The van der Waals surface area contributed by atoms with Gasteiger partial charge in [-0.2, -0.15) is 0 Å². The number of aromatic nitrogens is 2. The predicted octanol–water partition coefficient (Wildman–Crippen LogP) is 2.33. The molecule has 1 saturated heterocycles. The Hall–Kier alpha value is -1.94. The molecule has 1 aliphatic heterocycles. The summed E-state index contributed by atoms with van der Waals surface area (Å²) in [5.74, 6) is 1.83. The van der Waals surface area contributed by atoms with Gasteiger partial charge >= 0.3 is 0 Å². The van der Waals surface area contributed by atoms with Crippen LogP contribution in [0.15, 0.2) is 42.6 Å². The first-order valence-corrected chi connectivity index (χ1v) is 7.17. The molecule has 0 bridgehead atoms. The van der Waals surface area contributed by atoms with E-state index in [9.17, 15) is 0 Å². The third-order valence-corrected chi connectivity index (χ3v) is 3.83. The van der Waals surface area contributed by atoms with Crippen molar-refractivity contribution >= 4 is 5.82 Å². The molecule has 1 atom stereocenters. The molecule has 1 aromatic heterocycles. The summed E-state index contributed by atoms with van der Waals surface area (Å²) in [6.45, 7) is 2.09. The lowest BCUT2D eigenvalue weighted by Gasteiger charge is -2.33. The fourth-order valence-electron chi connectivity index (χ4n) is 2.67. The first-order valence-electron chi connectivity index (χ1n) is 7.17. The van der Waals surface area contributed by atoms with Crippen LogP contribution in [-0.2, 0) is 0 Å². The van der Waals surface area contributed by atoms with Crippen molar-refractivity contribution in [1.29, 1.82) is 0 Å². The molecule has 4 heteroatoms. The normalized spacial score (nSPS) is 19.1. The highest BCUT2D eigenvalue weighted by molar-refractivity contribution is 5.57. The average Bonchev–Trinajstić information content (AvgIpc) is 2.56. The summed E-state index contributed by atoms with van der Waals surface area (Å²) < 4.78 is 0. The quantitative estimate of drug-likeness (QED) is 0.927. The highest BCUT2D eigenvalue weighted by Gasteiger charge is 2.19. The summed E-state index contributed by atoms with van der Waals surface area (Å²) in [5, 5.41) is 3.36. The summed E-state index contributed by atoms with van der Waals surface area (Å²) in [6, 6.07) is 12.7. The van der Waals surface area contributed by atoms with Crippen molar-refractivity contribution in [2.45, 2.75) is 18.9 Å². The maximum Gasteiger partial charge on any atom is 0.161 e. The van der Waals surface area contributed by atoms with Gasteiger partial charge in [-0.05, 0) is 26.0 Å². The van der Waals surface area contributed by atoms with E-state index in [-0.39, 0.29) is 0 Å². The van der Waals surface area contributed by atoms with Crippen LogP contribution < -0.4 is 10.2 Å². The molecule has 0 radical (unpaired) electrons. The smallest absolute Gasteiger partial charge is 0.161 e. The number of hydrogen-bond acceptors (Lipinski definition) is 4. The van der Waals surface area contributed by atoms with Gasteiger partial charge < -0.3 is 10.2 Å². The fraction of sp³-hybridized carbons (Fsp3) is 0.375. The van der Waals surface area contributed by atoms with Crippen molar-refractivity contribution in [3.05, 3.63) is 42.6 Å². The van der Waals surface area contributed by atoms with Crippen LogP contribution in [0.1, 0.15) is 12.8 Å². The lowest BCUT2D eigenvalue weighted by Crippen LogP contribution is -2.44. The van der Waals surface area contributed by atoms with Gasteiger partial charge in [-0.1, -0.05) is 30.3 Å². The van der Waals surface area contributed by atoms with Crippen molar-refractivity contribution < 1.29 is 0 Å². The average molecular weight is 268 g/mol. The van der Waals surface area contributed by atoms with Gasteiger partial charge in [0.1, 0.15) is 5.82 Å². The minimum atomic E-state index is 0.555. The molecule has 1 aliphatic rings. The number of benzene rings is 1. The SMILES string of the molecule is CNC1CCCN(c2ccnc(-c3ccccc3)n2)C1. The molecule has 104 valence electrons. The van der Waals surface area contributed by atoms with Gasteiger partial charge in [0.05, 0.1) is 0 Å². The van der Waals surface area contributed by atoms with Crippen molar-refractivity contribution in [2.24, 2.45) is 0 Å². The lowest BCUT2D eigenvalue weighted by molar-refractivity contribution is 0.447. The number of rotatable bonds is 3. The molecule has 2 heterocycles. The summed E-state index contributed by atoms with van der Waals surface area (Å²) >= 11 is 0. The van der Waals surface area contributed by atoms with E-state index in [1.807, 2.05) is 49.6 Å². The Morgan fingerprint density at radius 2 is 2.05 bits per heavy atom. The van der Waals surface area contributed by atoms with Crippen LogP contribution in [0.25, 0.3) is 11.4 Å². The Morgan fingerprint density at radius 3 is 2.85 bits per heavy atom. The second kappa shape index (κ2) is 6.01. The molecular formula is C16H20N4. The molecule has 1 unspecified atom stereocenters. The zero-order valence-electron chi connectivity index (χ0n) is 11.8. The summed E-state index contributed by atoms with van der Waals surface area (Å²) in [6.07, 6.45) is 4.30. The first-order chi connectivity index (χ1) is 9.86. The van der Waals surface area contributed by atoms with Crippen LogP contribution in [-0.4, -0.2) is 36.1 Å². The van der Waals surface area contributed by atoms with E-state index in [0.29, 0.717) is 6.04 Å². The zero-order valence-corrected chi connectivity index (χ0v) is 11.8. The maximum absolute atomic E-state index is 4.72. The van der Waals surface area contributed by atoms with Gasteiger partial charge in [0.2, 0.25) is 0 Å². The Morgan fingerprint density at radius 1 is 1.20 bits per heavy atom. The van der Waals surface area contributed by atoms with Crippen LogP contribution in [0.2, 0.25) is 0 Å². The summed E-state index contributed by atoms with van der Waals surface area (Å²) in [5.41, 5.74) is 1.07. The number of likely N-dealkylation sites (N-methyl/N-ethyl adjacent to an activating group) is 1. The Balaban J connectivity index is 1.84. The monoisotopic (exact) mass is 268 g/mol. The van der Waals surface area contributed by atoms with Crippen molar-refractivity contribution in [3.8, 4) is 11.4 Å². The van der Waals surface area contributed by atoms with Crippen molar-refractivity contribution in [1.82, 2.24) is 15.3 Å². The third-order valence-electron chi connectivity index (χ3n) is 3.83. The Labute approximate surface area is 119 Å². The van der Waals surface area contributed by atoms with Gasteiger partial charge in [-0.25, -0.2) is 9.97 Å². The van der Waals surface area contributed by atoms with Crippen molar-refractivity contribution in [3.63, 3.8) is 0 Å². The molecule has 1 fully saturated rings. The molecule has 0 amide bonds. The number of nitrogens with one attached hydrogen (secondary N) is 1.